The van der Waals surface area contributed by atoms with Crippen LogP contribution in [-0.4, -0.2) is 34.9 Å². The molecule has 0 saturated carbocycles. The number of alkyl carbamates (subject to hydrolysis) is 1. The Kier molecular flexibility index (Phi) is 6.88. The van der Waals surface area contributed by atoms with Crippen LogP contribution in [0.5, 0.6) is 0 Å². The zero-order valence-electron chi connectivity index (χ0n) is 15.9. The molecule has 1 atom stereocenters. The van der Waals surface area contributed by atoms with Crippen LogP contribution < -0.4 is 10.6 Å². The van der Waals surface area contributed by atoms with Gasteiger partial charge in [0.05, 0.1) is 17.7 Å². The van der Waals surface area contributed by atoms with Crippen molar-refractivity contribution in [3.8, 4) is 0 Å². The highest BCUT2D eigenvalue weighted by atomic mass is 19.4. The maximum absolute atomic E-state index is 13.0. The second-order valence-electron chi connectivity index (χ2n) is 7.73. The molecule has 0 heterocycles. The Hall–Kier alpha value is -2.29. The van der Waals surface area contributed by atoms with Crippen molar-refractivity contribution in [1.82, 2.24) is 10.6 Å². The Bertz CT molecular complexity index is 682. The van der Waals surface area contributed by atoms with Gasteiger partial charge in [-0.25, -0.2) is 4.79 Å². The first-order chi connectivity index (χ1) is 12.1. The lowest BCUT2D eigenvalue weighted by molar-refractivity contribution is -0.137. The van der Waals surface area contributed by atoms with Gasteiger partial charge in [0.2, 0.25) is 5.91 Å². The molecule has 0 aromatic heterocycles. The summed E-state index contributed by atoms with van der Waals surface area (Å²) in [4.78, 5) is 24.7. The molecule has 0 fully saturated rings. The molecule has 1 aromatic rings. The van der Waals surface area contributed by atoms with E-state index in [-0.39, 0.29) is 5.56 Å². The van der Waals surface area contributed by atoms with Crippen LogP contribution in [-0.2, 0) is 15.7 Å². The first-order valence-corrected chi connectivity index (χ1v) is 8.24. The smallest absolute Gasteiger partial charge is 0.416 e. The minimum atomic E-state index is -4.60. The quantitative estimate of drug-likeness (QED) is 0.721. The van der Waals surface area contributed by atoms with Crippen molar-refractivity contribution < 1.29 is 32.6 Å². The predicted octanol–water partition coefficient (Wildman–Crippen LogP) is 3.16. The van der Waals surface area contributed by atoms with E-state index in [1.54, 1.807) is 20.8 Å². The van der Waals surface area contributed by atoms with Crippen LogP contribution in [0.4, 0.5) is 18.0 Å². The topological polar surface area (TPSA) is 87.7 Å². The SMILES string of the molecule is CC(C)(CO)NC(=O)C(NC(=O)OC(C)(C)C)c1cccc(C(F)(F)F)c1. The van der Waals surface area contributed by atoms with E-state index in [2.05, 4.69) is 10.6 Å². The number of hydrogen-bond acceptors (Lipinski definition) is 4. The fourth-order valence-corrected chi connectivity index (χ4v) is 2.07. The Morgan fingerprint density at radius 1 is 1.15 bits per heavy atom. The minimum absolute atomic E-state index is 0.0677. The second kappa shape index (κ2) is 8.16. The molecule has 1 aromatic carbocycles. The first-order valence-electron chi connectivity index (χ1n) is 8.24. The lowest BCUT2D eigenvalue weighted by atomic mass is 10.0. The fourth-order valence-electron chi connectivity index (χ4n) is 2.07. The van der Waals surface area contributed by atoms with E-state index in [9.17, 15) is 27.9 Å². The van der Waals surface area contributed by atoms with Gasteiger partial charge >= 0.3 is 12.3 Å². The standard InChI is InChI=1S/C18H25F3N2O4/c1-16(2,3)27-15(26)22-13(14(25)23-17(4,5)10-24)11-7-6-8-12(9-11)18(19,20)21/h6-9,13,24H,10H2,1-5H3,(H,22,26)(H,23,25). The normalized spacial score (nSPS) is 13.7. The molecule has 0 aliphatic heterocycles. The number of nitrogens with one attached hydrogen (secondary N) is 2. The summed E-state index contributed by atoms with van der Waals surface area (Å²) in [6, 6.07) is 2.65. The Morgan fingerprint density at radius 3 is 2.22 bits per heavy atom. The third-order valence-corrected chi connectivity index (χ3v) is 3.33. The van der Waals surface area contributed by atoms with E-state index in [1.807, 2.05) is 0 Å². The summed E-state index contributed by atoms with van der Waals surface area (Å²) in [5, 5.41) is 14.1. The predicted molar refractivity (Wildman–Crippen MR) is 92.9 cm³/mol. The van der Waals surface area contributed by atoms with Crippen LogP contribution in [0, 0.1) is 0 Å². The summed E-state index contributed by atoms with van der Waals surface area (Å²) in [6.45, 7) is 7.49. The van der Waals surface area contributed by atoms with Crippen LogP contribution in [0.3, 0.4) is 0 Å². The highest BCUT2D eigenvalue weighted by Crippen LogP contribution is 2.31. The summed E-state index contributed by atoms with van der Waals surface area (Å²) in [7, 11) is 0. The van der Waals surface area contributed by atoms with Gasteiger partial charge in [-0.2, -0.15) is 13.2 Å². The van der Waals surface area contributed by atoms with Crippen molar-refractivity contribution >= 4 is 12.0 Å². The molecule has 0 radical (unpaired) electrons. The summed E-state index contributed by atoms with van der Waals surface area (Å²) in [6.07, 6.45) is -5.56. The molecule has 9 heteroatoms. The molecule has 0 spiro atoms. The molecule has 6 nitrogen and oxygen atoms in total. The number of aliphatic hydroxyl groups excluding tert-OH is 1. The zero-order chi connectivity index (χ0) is 21.0. The van der Waals surface area contributed by atoms with Gasteiger partial charge < -0.3 is 20.5 Å². The van der Waals surface area contributed by atoms with Crippen molar-refractivity contribution in [1.29, 1.82) is 0 Å². The van der Waals surface area contributed by atoms with Crippen LogP contribution >= 0.6 is 0 Å². The fraction of sp³-hybridized carbons (Fsp3) is 0.556. The van der Waals surface area contributed by atoms with Gasteiger partial charge in [0.1, 0.15) is 11.6 Å². The summed E-state index contributed by atoms with van der Waals surface area (Å²) >= 11 is 0. The van der Waals surface area contributed by atoms with Crippen LogP contribution in [0.15, 0.2) is 24.3 Å². The number of hydrogen-bond donors (Lipinski definition) is 3. The number of benzene rings is 1. The molecule has 1 rings (SSSR count). The van der Waals surface area contributed by atoms with E-state index in [1.165, 1.54) is 19.9 Å². The van der Waals surface area contributed by atoms with E-state index in [0.29, 0.717) is 0 Å². The lowest BCUT2D eigenvalue weighted by Crippen LogP contribution is -2.51. The van der Waals surface area contributed by atoms with E-state index < -0.39 is 47.5 Å². The molecule has 0 aliphatic rings. The van der Waals surface area contributed by atoms with Gasteiger partial charge in [0.15, 0.2) is 0 Å². The molecular weight excluding hydrogens is 365 g/mol. The highest BCUT2D eigenvalue weighted by Gasteiger charge is 2.34. The number of rotatable bonds is 5. The largest absolute Gasteiger partial charge is 0.444 e. The third kappa shape index (κ3) is 7.46. The molecular formula is C18H25F3N2O4. The van der Waals surface area contributed by atoms with Gasteiger partial charge in [-0.15, -0.1) is 0 Å². The Labute approximate surface area is 156 Å². The Morgan fingerprint density at radius 2 is 1.74 bits per heavy atom. The van der Waals surface area contributed by atoms with Crippen molar-refractivity contribution in [2.24, 2.45) is 0 Å². The molecule has 0 saturated heterocycles. The average Bonchev–Trinajstić information content (AvgIpc) is 2.49. The molecule has 2 amide bonds. The van der Waals surface area contributed by atoms with E-state index in [0.717, 1.165) is 18.2 Å². The molecule has 0 bridgehead atoms. The molecule has 3 N–H and O–H groups in total. The van der Waals surface area contributed by atoms with Crippen molar-refractivity contribution in [3.05, 3.63) is 35.4 Å². The highest BCUT2D eigenvalue weighted by molar-refractivity contribution is 5.87. The molecule has 152 valence electrons. The molecule has 0 aliphatic carbocycles. The number of halogens is 3. The summed E-state index contributed by atoms with van der Waals surface area (Å²) in [5.74, 6) is -0.778. The zero-order valence-corrected chi connectivity index (χ0v) is 15.9. The third-order valence-electron chi connectivity index (χ3n) is 3.33. The molecule has 27 heavy (non-hydrogen) atoms. The van der Waals surface area contributed by atoms with Crippen molar-refractivity contribution in [2.45, 2.75) is 58.0 Å². The van der Waals surface area contributed by atoms with Gasteiger partial charge in [0.25, 0.3) is 0 Å². The van der Waals surface area contributed by atoms with Crippen LogP contribution in [0.25, 0.3) is 0 Å². The second-order valence-corrected chi connectivity index (χ2v) is 7.73. The summed E-state index contributed by atoms with van der Waals surface area (Å²) < 4.78 is 44.1. The maximum atomic E-state index is 13.0. The van der Waals surface area contributed by atoms with Crippen molar-refractivity contribution in [3.63, 3.8) is 0 Å². The monoisotopic (exact) mass is 390 g/mol. The van der Waals surface area contributed by atoms with E-state index in [4.69, 9.17) is 4.74 Å². The average molecular weight is 390 g/mol. The number of carbonyl (C=O) groups is 2. The van der Waals surface area contributed by atoms with Crippen LogP contribution in [0.2, 0.25) is 0 Å². The number of ether oxygens (including phenoxy) is 1. The minimum Gasteiger partial charge on any atom is -0.444 e. The van der Waals surface area contributed by atoms with Crippen molar-refractivity contribution in [2.75, 3.05) is 6.61 Å². The number of amides is 2. The van der Waals surface area contributed by atoms with Gasteiger partial charge in [-0.3, -0.25) is 4.79 Å². The first kappa shape index (κ1) is 22.8. The maximum Gasteiger partial charge on any atom is 0.416 e. The number of aliphatic hydroxyl groups is 1. The summed E-state index contributed by atoms with van der Waals surface area (Å²) in [5.41, 5.74) is -2.91. The lowest BCUT2D eigenvalue weighted by Gasteiger charge is -2.28. The van der Waals surface area contributed by atoms with Crippen LogP contribution in [0.1, 0.15) is 51.8 Å². The van der Waals surface area contributed by atoms with Gasteiger partial charge in [-0.05, 0) is 52.3 Å². The van der Waals surface area contributed by atoms with Gasteiger partial charge in [-0.1, -0.05) is 12.1 Å². The number of carbonyl (C=O) groups excluding carboxylic acids is 2. The van der Waals surface area contributed by atoms with Gasteiger partial charge in [0, 0.05) is 0 Å². The Balaban J connectivity index is 3.22. The number of alkyl halides is 3. The molecule has 1 unspecified atom stereocenters. The van der Waals surface area contributed by atoms with E-state index >= 15 is 0 Å².